The van der Waals surface area contributed by atoms with Crippen LogP contribution in [0.25, 0.3) is 0 Å². The third kappa shape index (κ3) is 8.57. The van der Waals surface area contributed by atoms with Gasteiger partial charge in [0, 0.05) is 27.9 Å². The summed E-state index contributed by atoms with van der Waals surface area (Å²) in [4.78, 5) is 39.5. The molecule has 1 aliphatic rings. The molecule has 2 aromatic carbocycles. The molecule has 0 unspecified atom stereocenters. The molecule has 3 N–H and O–H groups in total. The van der Waals surface area contributed by atoms with Gasteiger partial charge in [0.15, 0.2) is 0 Å². The number of nitrogens with one attached hydrogen (secondary N) is 3. The molecule has 206 valence electrons. The van der Waals surface area contributed by atoms with E-state index in [9.17, 15) is 14.4 Å². The minimum atomic E-state index is -0.741. The first-order chi connectivity index (χ1) is 18.2. The molecule has 0 bridgehead atoms. The van der Waals surface area contributed by atoms with Crippen LogP contribution in [0.4, 0.5) is 0 Å². The van der Waals surface area contributed by atoms with Gasteiger partial charge >= 0.3 is 0 Å². The molecular weight excluding hydrogens is 566 g/mol. The van der Waals surface area contributed by atoms with Gasteiger partial charge in [-0.05, 0) is 67.0 Å². The second-order valence-electron chi connectivity index (χ2n) is 10.5. The van der Waals surface area contributed by atoms with Crippen molar-refractivity contribution in [2.45, 2.75) is 88.7 Å². The standard InChI is InChI=1S/C30H39BrClN3O3/c1-4-25(33-28(36)21-14-12-20(18-31)13-15-21)29(37)35-27(16-19(2)3)30(38)34-26-11-6-5-10-24(26)22-8-7-9-23(32)17-22/h7-9,12-15,17,19,24-27H,4-6,10-11,16,18H2,1-3H3,(H,33,36)(H,34,38)(H,35,37)/t24-,25-,26+,27-/m0/s1. The van der Waals surface area contributed by atoms with E-state index in [1.165, 1.54) is 0 Å². The normalized spacial score (nSPS) is 18.9. The summed E-state index contributed by atoms with van der Waals surface area (Å²) in [5.74, 6) is -0.472. The molecular formula is C30H39BrClN3O3. The van der Waals surface area contributed by atoms with E-state index in [4.69, 9.17) is 11.6 Å². The number of carbonyl (C=O) groups excluding carboxylic acids is 3. The predicted octanol–water partition coefficient (Wildman–Crippen LogP) is 6.12. The van der Waals surface area contributed by atoms with Gasteiger partial charge in [-0.15, -0.1) is 0 Å². The quantitative estimate of drug-likeness (QED) is 0.270. The lowest BCUT2D eigenvalue weighted by Crippen LogP contribution is -2.55. The number of hydrogen-bond donors (Lipinski definition) is 3. The van der Waals surface area contributed by atoms with Crippen LogP contribution in [-0.4, -0.2) is 35.8 Å². The average Bonchev–Trinajstić information content (AvgIpc) is 2.91. The molecule has 3 rings (SSSR count). The largest absolute Gasteiger partial charge is 0.351 e. The third-order valence-corrected chi connectivity index (χ3v) is 7.99. The monoisotopic (exact) mass is 603 g/mol. The molecule has 0 aliphatic heterocycles. The van der Waals surface area contributed by atoms with E-state index in [0.29, 0.717) is 28.8 Å². The van der Waals surface area contributed by atoms with Crippen molar-refractivity contribution < 1.29 is 14.4 Å². The van der Waals surface area contributed by atoms with E-state index in [0.717, 1.165) is 36.8 Å². The molecule has 0 saturated heterocycles. The molecule has 38 heavy (non-hydrogen) atoms. The van der Waals surface area contributed by atoms with Crippen molar-refractivity contribution in [2.75, 3.05) is 0 Å². The molecule has 3 amide bonds. The van der Waals surface area contributed by atoms with Crippen LogP contribution in [0.15, 0.2) is 48.5 Å². The summed E-state index contributed by atoms with van der Waals surface area (Å²) in [6, 6.07) is 13.6. The Balaban J connectivity index is 1.68. The van der Waals surface area contributed by atoms with Gasteiger partial charge in [-0.3, -0.25) is 14.4 Å². The summed E-state index contributed by atoms with van der Waals surface area (Å²) in [6.45, 7) is 5.89. The molecule has 4 atom stereocenters. The SMILES string of the molecule is CC[C@H](NC(=O)c1ccc(CBr)cc1)C(=O)N[C@@H](CC(C)C)C(=O)N[C@@H]1CCCC[C@H]1c1cccc(Cl)c1. The van der Waals surface area contributed by atoms with Crippen molar-refractivity contribution >= 4 is 45.3 Å². The lowest BCUT2D eigenvalue weighted by Gasteiger charge is -2.34. The Morgan fingerprint density at radius 3 is 2.32 bits per heavy atom. The molecule has 8 heteroatoms. The summed E-state index contributed by atoms with van der Waals surface area (Å²) in [5.41, 5.74) is 2.68. The van der Waals surface area contributed by atoms with Crippen molar-refractivity contribution in [3.05, 3.63) is 70.2 Å². The van der Waals surface area contributed by atoms with Crippen molar-refractivity contribution in [2.24, 2.45) is 5.92 Å². The zero-order valence-electron chi connectivity index (χ0n) is 22.4. The topological polar surface area (TPSA) is 87.3 Å². The van der Waals surface area contributed by atoms with E-state index >= 15 is 0 Å². The van der Waals surface area contributed by atoms with Crippen molar-refractivity contribution in [3.8, 4) is 0 Å². The van der Waals surface area contributed by atoms with E-state index in [1.54, 1.807) is 12.1 Å². The van der Waals surface area contributed by atoms with E-state index < -0.39 is 12.1 Å². The fourth-order valence-corrected chi connectivity index (χ4v) is 5.61. The number of hydrogen-bond acceptors (Lipinski definition) is 3. The molecule has 1 fully saturated rings. The van der Waals surface area contributed by atoms with Crippen LogP contribution >= 0.6 is 27.5 Å². The molecule has 1 saturated carbocycles. The van der Waals surface area contributed by atoms with Gasteiger partial charge in [0.05, 0.1) is 0 Å². The van der Waals surface area contributed by atoms with Crippen LogP contribution in [-0.2, 0) is 14.9 Å². The maximum absolute atomic E-state index is 13.5. The Labute approximate surface area is 239 Å². The van der Waals surface area contributed by atoms with Crippen LogP contribution < -0.4 is 16.0 Å². The highest BCUT2D eigenvalue weighted by molar-refractivity contribution is 9.08. The van der Waals surface area contributed by atoms with Crippen LogP contribution in [0, 0.1) is 5.92 Å². The summed E-state index contributed by atoms with van der Waals surface area (Å²) < 4.78 is 0. The minimum absolute atomic E-state index is 0.0227. The Morgan fingerprint density at radius 2 is 1.68 bits per heavy atom. The molecule has 0 aromatic heterocycles. The van der Waals surface area contributed by atoms with Crippen LogP contribution in [0.3, 0.4) is 0 Å². The smallest absolute Gasteiger partial charge is 0.251 e. The van der Waals surface area contributed by atoms with Crippen LogP contribution in [0.1, 0.15) is 86.7 Å². The molecule has 0 radical (unpaired) electrons. The van der Waals surface area contributed by atoms with Crippen molar-refractivity contribution in [3.63, 3.8) is 0 Å². The van der Waals surface area contributed by atoms with Gasteiger partial charge < -0.3 is 16.0 Å². The molecule has 6 nitrogen and oxygen atoms in total. The number of carbonyl (C=O) groups is 3. The van der Waals surface area contributed by atoms with Crippen LogP contribution in [0.5, 0.6) is 0 Å². The van der Waals surface area contributed by atoms with Crippen LogP contribution in [0.2, 0.25) is 5.02 Å². The fraction of sp³-hybridized carbons (Fsp3) is 0.500. The Bertz CT molecular complexity index is 1090. The number of rotatable bonds is 11. The first-order valence-electron chi connectivity index (χ1n) is 13.5. The van der Waals surface area contributed by atoms with Gasteiger partial charge in [-0.1, -0.05) is 85.4 Å². The van der Waals surface area contributed by atoms with Gasteiger partial charge in [-0.25, -0.2) is 0 Å². The van der Waals surface area contributed by atoms with Gasteiger partial charge in [0.25, 0.3) is 5.91 Å². The Hall–Kier alpha value is -2.38. The minimum Gasteiger partial charge on any atom is -0.351 e. The second-order valence-corrected chi connectivity index (χ2v) is 11.5. The zero-order valence-corrected chi connectivity index (χ0v) is 24.8. The highest BCUT2D eigenvalue weighted by Gasteiger charge is 2.32. The van der Waals surface area contributed by atoms with E-state index in [-0.39, 0.29) is 35.6 Å². The first kappa shape index (κ1) is 30.2. The molecule has 2 aromatic rings. The highest BCUT2D eigenvalue weighted by Crippen LogP contribution is 2.34. The highest BCUT2D eigenvalue weighted by atomic mass is 79.9. The number of amides is 3. The van der Waals surface area contributed by atoms with E-state index in [1.807, 2.05) is 51.1 Å². The summed E-state index contributed by atoms with van der Waals surface area (Å²) in [7, 11) is 0. The molecule has 0 spiro atoms. The number of benzene rings is 2. The first-order valence-corrected chi connectivity index (χ1v) is 15.0. The summed E-state index contributed by atoms with van der Waals surface area (Å²) >= 11 is 9.65. The third-order valence-electron chi connectivity index (χ3n) is 7.11. The summed E-state index contributed by atoms with van der Waals surface area (Å²) in [5, 5.41) is 10.4. The Morgan fingerprint density at radius 1 is 0.974 bits per heavy atom. The Kier molecular flexibility index (Phi) is 11.7. The van der Waals surface area contributed by atoms with Gasteiger partial charge in [0.1, 0.15) is 12.1 Å². The maximum Gasteiger partial charge on any atom is 0.251 e. The number of alkyl halides is 1. The molecule has 1 aliphatic carbocycles. The second kappa shape index (κ2) is 14.7. The van der Waals surface area contributed by atoms with Crippen molar-refractivity contribution in [1.82, 2.24) is 16.0 Å². The van der Waals surface area contributed by atoms with Gasteiger partial charge in [-0.2, -0.15) is 0 Å². The number of halogens is 2. The fourth-order valence-electron chi connectivity index (χ4n) is 5.04. The van der Waals surface area contributed by atoms with E-state index in [2.05, 4.69) is 37.9 Å². The lowest BCUT2D eigenvalue weighted by molar-refractivity contribution is -0.131. The van der Waals surface area contributed by atoms with Crippen molar-refractivity contribution in [1.29, 1.82) is 0 Å². The lowest BCUT2D eigenvalue weighted by atomic mass is 9.80. The summed E-state index contributed by atoms with van der Waals surface area (Å²) in [6.07, 6.45) is 4.92. The van der Waals surface area contributed by atoms with Gasteiger partial charge in [0.2, 0.25) is 11.8 Å². The predicted molar refractivity (Wildman–Crippen MR) is 157 cm³/mol. The zero-order chi connectivity index (χ0) is 27.7. The molecule has 0 heterocycles. The average molecular weight is 605 g/mol. The maximum atomic E-state index is 13.5.